The van der Waals surface area contributed by atoms with Crippen molar-refractivity contribution in [3.05, 3.63) is 0 Å². The van der Waals surface area contributed by atoms with Crippen molar-refractivity contribution in [1.82, 2.24) is 20.4 Å². The van der Waals surface area contributed by atoms with E-state index in [2.05, 4.69) is 20.5 Å². The van der Waals surface area contributed by atoms with E-state index in [1.807, 2.05) is 34.6 Å². The second kappa shape index (κ2) is 11.0. The number of aliphatic imine (C=N–C) groups is 1. The molecule has 0 aromatic heterocycles. The molecule has 1 atom stereocenters. The Morgan fingerprint density at radius 1 is 1.11 bits per heavy atom. The van der Waals surface area contributed by atoms with Gasteiger partial charge in [-0.25, -0.2) is 9.59 Å². The van der Waals surface area contributed by atoms with Gasteiger partial charge in [-0.2, -0.15) is 0 Å². The fraction of sp³-hybridized carbons (Fsp3) is 0.842. The molecule has 9 nitrogen and oxygen atoms in total. The first-order valence-corrected chi connectivity index (χ1v) is 9.94. The predicted molar refractivity (Wildman–Crippen MR) is 110 cm³/mol. The number of guanidine groups is 1. The average molecular weight is 400 g/mol. The first kappa shape index (κ1) is 23.8. The monoisotopic (exact) mass is 399 g/mol. The van der Waals surface area contributed by atoms with Gasteiger partial charge in [0.1, 0.15) is 5.60 Å². The zero-order valence-electron chi connectivity index (χ0n) is 18.4. The summed E-state index contributed by atoms with van der Waals surface area (Å²) in [6.07, 6.45) is -0.697. The Hall–Kier alpha value is -2.19. The van der Waals surface area contributed by atoms with E-state index in [9.17, 15) is 9.59 Å². The number of carbonyl (C=O) groups excluding carboxylic acids is 2. The number of nitrogens with one attached hydrogen (secondary N) is 2. The number of piperazine rings is 1. The third-order valence-corrected chi connectivity index (χ3v) is 4.30. The van der Waals surface area contributed by atoms with Gasteiger partial charge in [0, 0.05) is 39.8 Å². The number of rotatable bonds is 5. The van der Waals surface area contributed by atoms with Crippen molar-refractivity contribution in [1.29, 1.82) is 0 Å². The number of amides is 2. The number of alkyl carbamates (subject to hydrolysis) is 1. The molecule has 1 fully saturated rings. The van der Waals surface area contributed by atoms with Crippen molar-refractivity contribution in [3.63, 3.8) is 0 Å². The molecule has 1 aliphatic heterocycles. The van der Waals surface area contributed by atoms with Crippen LogP contribution in [0.3, 0.4) is 0 Å². The topological polar surface area (TPSA) is 95.5 Å². The molecule has 1 unspecified atom stereocenters. The molecule has 1 heterocycles. The maximum absolute atomic E-state index is 12.1. The lowest BCUT2D eigenvalue weighted by Crippen LogP contribution is -2.56. The van der Waals surface area contributed by atoms with E-state index in [-0.39, 0.29) is 18.1 Å². The van der Waals surface area contributed by atoms with Gasteiger partial charge in [-0.15, -0.1) is 0 Å². The molecule has 0 aromatic rings. The summed E-state index contributed by atoms with van der Waals surface area (Å²) in [7, 11) is 1.73. The van der Waals surface area contributed by atoms with Gasteiger partial charge in [0.15, 0.2) is 5.96 Å². The Bertz CT molecular complexity index is 537. The fourth-order valence-electron chi connectivity index (χ4n) is 2.76. The van der Waals surface area contributed by atoms with Crippen molar-refractivity contribution < 1.29 is 19.1 Å². The Kier molecular flexibility index (Phi) is 9.34. The molecule has 1 saturated heterocycles. The van der Waals surface area contributed by atoms with E-state index in [4.69, 9.17) is 9.47 Å². The van der Waals surface area contributed by atoms with Gasteiger partial charge in [0.2, 0.25) is 0 Å². The molecule has 0 aliphatic carbocycles. The Labute approximate surface area is 168 Å². The highest BCUT2D eigenvalue weighted by atomic mass is 16.6. The van der Waals surface area contributed by atoms with Gasteiger partial charge in [0.25, 0.3) is 0 Å². The third-order valence-electron chi connectivity index (χ3n) is 4.30. The molecule has 1 rings (SSSR count). The van der Waals surface area contributed by atoms with Gasteiger partial charge < -0.3 is 29.9 Å². The van der Waals surface area contributed by atoms with Crippen LogP contribution in [0.5, 0.6) is 0 Å². The minimum atomic E-state index is -0.534. The molecule has 0 aromatic carbocycles. The van der Waals surface area contributed by atoms with Gasteiger partial charge in [-0.1, -0.05) is 13.8 Å². The Morgan fingerprint density at radius 2 is 1.68 bits per heavy atom. The highest BCUT2D eigenvalue weighted by molar-refractivity contribution is 5.80. The molecule has 0 bridgehead atoms. The maximum atomic E-state index is 12.1. The third kappa shape index (κ3) is 8.22. The van der Waals surface area contributed by atoms with Crippen LogP contribution < -0.4 is 10.6 Å². The molecular weight excluding hydrogens is 362 g/mol. The van der Waals surface area contributed by atoms with Crippen LogP contribution in [-0.2, 0) is 9.47 Å². The van der Waals surface area contributed by atoms with Crippen LogP contribution in [0.4, 0.5) is 9.59 Å². The minimum absolute atomic E-state index is 0.104. The smallest absolute Gasteiger partial charge is 0.409 e. The van der Waals surface area contributed by atoms with Gasteiger partial charge in [-0.3, -0.25) is 4.99 Å². The van der Waals surface area contributed by atoms with Crippen molar-refractivity contribution in [2.75, 3.05) is 46.4 Å². The summed E-state index contributed by atoms with van der Waals surface area (Å²) in [6.45, 7) is 14.8. The second-order valence-corrected chi connectivity index (χ2v) is 8.10. The number of hydrogen-bond donors (Lipinski definition) is 2. The number of carbonyl (C=O) groups is 2. The standard InChI is InChI=1S/C19H37N5O4/c1-8-27-18(26)24-11-9-23(10-12-24)16(20-7)21-13-15(14(2)3)22-17(25)28-19(4,5)6/h14-15H,8-13H2,1-7H3,(H,20,21)(H,22,25). The summed E-state index contributed by atoms with van der Waals surface area (Å²) >= 11 is 0. The SMILES string of the molecule is CCOC(=O)N1CCN(C(=NC)NCC(NC(=O)OC(C)(C)C)C(C)C)CC1. The second-order valence-electron chi connectivity index (χ2n) is 8.10. The summed E-state index contributed by atoms with van der Waals surface area (Å²) in [4.78, 5) is 32.1. The fourth-order valence-corrected chi connectivity index (χ4v) is 2.76. The van der Waals surface area contributed by atoms with E-state index < -0.39 is 11.7 Å². The van der Waals surface area contributed by atoms with Crippen molar-refractivity contribution in [2.24, 2.45) is 10.9 Å². The van der Waals surface area contributed by atoms with Crippen LogP contribution in [0, 0.1) is 5.92 Å². The predicted octanol–water partition coefficient (Wildman–Crippen LogP) is 1.89. The zero-order valence-corrected chi connectivity index (χ0v) is 18.4. The quantitative estimate of drug-likeness (QED) is 0.541. The molecule has 162 valence electrons. The molecule has 0 saturated carbocycles. The zero-order chi connectivity index (χ0) is 21.3. The first-order chi connectivity index (χ1) is 13.1. The molecule has 0 radical (unpaired) electrons. The molecule has 2 amide bonds. The van der Waals surface area contributed by atoms with E-state index in [1.165, 1.54) is 0 Å². The lowest BCUT2D eigenvalue weighted by molar-refractivity contribution is 0.0491. The van der Waals surface area contributed by atoms with Crippen molar-refractivity contribution in [2.45, 2.75) is 53.2 Å². The van der Waals surface area contributed by atoms with Gasteiger partial charge in [0.05, 0.1) is 12.6 Å². The number of hydrogen-bond acceptors (Lipinski definition) is 5. The van der Waals surface area contributed by atoms with E-state index in [0.717, 1.165) is 5.96 Å². The van der Waals surface area contributed by atoms with Gasteiger partial charge in [-0.05, 0) is 33.6 Å². The summed E-state index contributed by atoms with van der Waals surface area (Å²) in [5, 5.41) is 6.25. The molecule has 0 spiro atoms. The summed E-state index contributed by atoms with van der Waals surface area (Å²) in [5.74, 6) is 0.971. The molecule has 1 aliphatic rings. The maximum Gasteiger partial charge on any atom is 0.409 e. The van der Waals surface area contributed by atoms with Crippen LogP contribution >= 0.6 is 0 Å². The van der Waals surface area contributed by atoms with E-state index >= 15 is 0 Å². The highest BCUT2D eigenvalue weighted by Gasteiger charge is 2.25. The summed E-state index contributed by atoms with van der Waals surface area (Å²) in [5.41, 5.74) is -0.534. The lowest BCUT2D eigenvalue weighted by atomic mass is 10.0. The van der Waals surface area contributed by atoms with Crippen LogP contribution in [0.2, 0.25) is 0 Å². The van der Waals surface area contributed by atoms with Crippen molar-refractivity contribution in [3.8, 4) is 0 Å². The molecular formula is C19H37N5O4. The number of ether oxygens (including phenoxy) is 2. The number of nitrogens with zero attached hydrogens (tertiary/aromatic N) is 3. The molecule has 9 heteroatoms. The minimum Gasteiger partial charge on any atom is -0.450 e. The van der Waals surface area contributed by atoms with Crippen LogP contribution in [0.1, 0.15) is 41.5 Å². The van der Waals surface area contributed by atoms with E-state index in [1.54, 1.807) is 18.9 Å². The van der Waals surface area contributed by atoms with Crippen LogP contribution in [0.25, 0.3) is 0 Å². The van der Waals surface area contributed by atoms with Gasteiger partial charge >= 0.3 is 12.2 Å². The largest absolute Gasteiger partial charge is 0.450 e. The summed E-state index contributed by atoms with van der Waals surface area (Å²) < 4.78 is 10.4. The van der Waals surface area contributed by atoms with E-state index in [0.29, 0.717) is 39.3 Å². The Balaban J connectivity index is 2.55. The lowest BCUT2D eigenvalue weighted by Gasteiger charge is -2.36. The summed E-state index contributed by atoms with van der Waals surface area (Å²) in [6, 6.07) is -0.104. The Morgan fingerprint density at radius 3 is 2.14 bits per heavy atom. The van der Waals surface area contributed by atoms with Crippen LogP contribution in [-0.4, -0.2) is 86.0 Å². The molecule has 2 N–H and O–H groups in total. The normalized spacial score (nSPS) is 16.6. The first-order valence-electron chi connectivity index (χ1n) is 9.94. The average Bonchev–Trinajstić information content (AvgIpc) is 2.60. The van der Waals surface area contributed by atoms with Crippen LogP contribution in [0.15, 0.2) is 4.99 Å². The van der Waals surface area contributed by atoms with Crippen molar-refractivity contribution >= 4 is 18.1 Å². The molecule has 28 heavy (non-hydrogen) atoms. The highest BCUT2D eigenvalue weighted by Crippen LogP contribution is 2.09.